The number of hydrogen-bond donors (Lipinski definition) is 0. The summed E-state index contributed by atoms with van der Waals surface area (Å²) in [6.45, 7) is 4.79. The molecule has 0 aliphatic carbocycles. The lowest BCUT2D eigenvalue weighted by molar-refractivity contribution is 0.0950. The fourth-order valence-corrected chi connectivity index (χ4v) is 5.45. The van der Waals surface area contributed by atoms with Crippen molar-refractivity contribution in [2.24, 2.45) is 0 Å². The fourth-order valence-electron chi connectivity index (χ4n) is 4.94. The second-order valence-corrected chi connectivity index (χ2v) is 9.90. The zero-order valence-electron chi connectivity index (χ0n) is 19.8. The number of ether oxygens (including phenoxy) is 2. The predicted octanol–water partition coefficient (Wildman–Crippen LogP) is 6.98. The van der Waals surface area contributed by atoms with Crippen LogP contribution in [-0.2, 0) is 19.5 Å². The van der Waals surface area contributed by atoms with Crippen molar-refractivity contribution in [2.45, 2.75) is 26.4 Å². The number of carbonyl (C=O) groups is 1. The van der Waals surface area contributed by atoms with Gasteiger partial charge in [0.1, 0.15) is 18.2 Å². The van der Waals surface area contributed by atoms with E-state index in [2.05, 4.69) is 34.7 Å². The Morgan fingerprint density at radius 1 is 1.08 bits per heavy atom. The van der Waals surface area contributed by atoms with Gasteiger partial charge in [-0.15, -0.1) is 0 Å². The third-order valence-electron chi connectivity index (χ3n) is 6.84. The second kappa shape index (κ2) is 9.32. The van der Waals surface area contributed by atoms with Crippen molar-refractivity contribution < 1.29 is 14.3 Å². The van der Waals surface area contributed by atoms with Gasteiger partial charge < -0.3 is 14.0 Å². The van der Waals surface area contributed by atoms with Gasteiger partial charge in [-0.05, 0) is 55.3 Å². The fraction of sp³-hybridized carbons (Fsp3) is 0.207. The molecule has 7 heteroatoms. The third kappa shape index (κ3) is 4.07. The highest BCUT2D eigenvalue weighted by molar-refractivity contribution is 6.35. The Kier molecular flexibility index (Phi) is 6.00. The summed E-state index contributed by atoms with van der Waals surface area (Å²) in [7, 11) is 0. The number of aromatic nitrogens is 1. The number of allylic oxidation sites excluding steroid dienone is 1. The largest absolute Gasteiger partial charge is 0.478 e. The van der Waals surface area contributed by atoms with E-state index in [1.54, 1.807) is 12.1 Å². The molecular formula is C29H24Cl2N2O3. The van der Waals surface area contributed by atoms with Crippen LogP contribution in [0, 0.1) is 0 Å². The van der Waals surface area contributed by atoms with Crippen molar-refractivity contribution in [2.75, 3.05) is 13.3 Å². The van der Waals surface area contributed by atoms with Gasteiger partial charge in [0.25, 0.3) is 0 Å². The molecule has 0 amide bonds. The minimum absolute atomic E-state index is 0.105. The number of aryl methyl sites for hydroxylation is 1. The molecule has 0 unspecified atom stereocenters. The lowest BCUT2D eigenvalue weighted by atomic mass is 10.0. The van der Waals surface area contributed by atoms with E-state index in [0.717, 1.165) is 52.9 Å². The van der Waals surface area contributed by atoms with Crippen LogP contribution in [0.5, 0.6) is 11.5 Å². The van der Waals surface area contributed by atoms with Gasteiger partial charge in [0, 0.05) is 52.3 Å². The number of hydrogen-bond acceptors (Lipinski definition) is 4. The Balaban J connectivity index is 1.26. The molecule has 36 heavy (non-hydrogen) atoms. The highest BCUT2D eigenvalue weighted by Crippen LogP contribution is 2.42. The van der Waals surface area contributed by atoms with Crippen LogP contribution in [0.1, 0.15) is 34.0 Å². The molecule has 0 atom stereocenters. The Morgan fingerprint density at radius 3 is 2.78 bits per heavy atom. The molecule has 4 aromatic rings. The Morgan fingerprint density at radius 2 is 1.94 bits per heavy atom. The number of rotatable bonds is 5. The van der Waals surface area contributed by atoms with Crippen molar-refractivity contribution in [1.82, 2.24) is 9.47 Å². The molecule has 0 saturated carbocycles. The zero-order chi connectivity index (χ0) is 24.8. The molecule has 5 nitrogen and oxygen atoms in total. The number of carbonyl (C=O) groups excluding carboxylic acids is 1. The average Bonchev–Trinajstić information content (AvgIpc) is 3.41. The molecule has 2 aliphatic rings. The Hall–Kier alpha value is -3.25. The molecule has 2 aliphatic heterocycles. The number of fused-ring (bicyclic) bond motifs is 4. The molecule has 0 bridgehead atoms. The highest BCUT2D eigenvalue weighted by atomic mass is 35.5. The van der Waals surface area contributed by atoms with Crippen molar-refractivity contribution in [3.05, 3.63) is 98.9 Å². The first kappa shape index (κ1) is 23.2. The smallest absolute Gasteiger partial charge is 0.231 e. The quantitative estimate of drug-likeness (QED) is 0.267. The van der Waals surface area contributed by atoms with Crippen molar-refractivity contribution >= 4 is 46.0 Å². The number of para-hydroxylation sites is 1. The van der Waals surface area contributed by atoms with E-state index in [9.17, 15) is 4.79 Å². The van der Waals surface area contributed by atoms with E-state index < -0.39 is 0 Å². The van der Waals surface area contributed by atoms with Gasteiger partial charge in [0.15, 0.2) is 5.76 Å². The molecule has 0 fully saturated rings. The van der Waals surface area contributed by atoms with Gasteiger partial charge in [-0.2, -0.15) is 0 Å². The highest BCUT2D eigenvalue weighted by Gasteiger charge is 2.33. The van der Waals surface area contributed by atoms with Crippen molar-refractivity contribution in [3.8, 4) is 11.5 Å². The molecule has 1 aromatic heterocycles. The summed E-state index contributed by atoms with van der Waals surface area (Å²) < 4.78 is 14.4. The summed E-state index contributed by atoms with van der Waals surface area (Å²) in [5.74, 6) is 1.58. The summed E-state index contributed by atoms with van der Waals surface area (Å²) in [5, 5.41) is 2.38. The van der Waals surface area contributed by atoms with Gasteiger partial charge in [-0.25, -0.2) is 0 Å². The number of ketones is 1. The average molecular weight is 519 g/mol. The number of benzene rings is 3. The molecule has 3 heterocycles. The van der Waals surface area contributed by atoms with Gasteiger partial charge in [-0.3, -0.25) is 9.69 Å². The summed E-state index contributed by atoms with van der Waals surface area (Å²) in [4.78, 5) is 15.5. The van der Waals surface area contributed by atoms with Crippen molar-refractivity contribution in [3.63, 3.8) is 0 Å². The van der Waals surface area contributed by atoms with Gasteiger partial charge >= 0.3 is 0 Å². The summed E-state index contributed by atoms with van der Waals surface area (Å²) in [6.07, 6.45) is 4.68. The van der Waals surface area contributed by atoms with Crippen molar-refractivity contribution in [1.29, 1.82) is 0 Å². The lowest BCUT2D eigenvalue weighted by Gasteiger charge is -2.29. The van der Waals surface area contributed by atoms with Crippen LogP contribution < -0.4 is 9.47 Å². The standard InChI is InChI=1S/C29H24Cl2N2O3/c1-2-33-15-19(21-5-3-4-6-25(21)33)13-27-28(34)22-9-10-26-23(29(22)36-27)16-32(17-35-26)12-11-18-7-8-20(30)14-24(18)31/h3-10,13-15H,2,11-12,16-17H2,1H3/b27-13-. The van der Waals surface area contributed by atoms with Gasteiger partial charge in [-0.1, -0.05) is 47.5 Å². The minimum Gasteiger partial charge on any atom is -0.478 e. The maximum Gasteiger partial charge on any atom is 0.231 e. The summed E-state index contributed by atoms with van der Waals surface area (Å²) in [6, 6.07) is 17.4. The van der Waals surface area contributed by atoms with Crippen LogP contribution >= 0.6 is 23.2 Å². The Labute approximate surface area is 219 Å². The molecule has 3 aromatic carbocycles. The SMILES string of the molecule is CCn1cc(/C=C2\Oc3c(ccc4c3CN(CCc3ccc(Cl)cc3Cl)CO4)C2=O)c2ccccc21. The van der Waals surface area contributed by atoms with E-state index in [1.807, 2.05) is 36.4 Å². The molecule has 0 spiro atoms. The molecular weight excluding hydrogens is 495 g/mol. The van der Waals surface area contributed by atoms with E-state index >= 15 is 0 Å². The summed E-state index contributed by atoms with van der Waals surface area (Å²) >= 11 is 12.4. The van der Waals surface area contributed by atoms with Crippen LogP contribution in [0.15, 0.2) is 66.6 Å². The predicted molar refractivity (Wildman–Crippen MR) is 143 cm³/mol. The maximum absolute atomic E-state index is 13.3. The maximum atomic E-state index is 13.3. The van der Waals surface area contributed by atoms with E-state index in [1.165, 1.54) is 0 Å². The summed E-state index contributed by atoms with van der Waals surface area (Å²) in [5.41, 5.74) is 4.61. The number of Topliss-reactive ketones (excluding diaryl/α,β-unsaturated/α-hetero) is 1. The lowest BCUT2D eigenvalue weighted by Crippen LogP contribution is -2.33. The van der Waals surface area contributed by atoms with Crippen LogP contribution in [0.3, 0.4) is 0 Å². The van der Waals surface area contributed by atoms with E-state index in [-0.39, 0.29) is 5.78 Å². The third-order valence-corrected chi connectivity index (χ3v) is 7.43. The monoisotopic (exact) mass is 518 g/mol. The molecule has 0 saturated heterocycles. The molecule has 0 radical (unpaired) electrons. The van der Waals surface area contributed by atoms with Gasteiger partial charge in [0.05, 0.1) is 11.1 Å². The zero-order valence-corrected chi connectivity index (χ0v) is 21.3. The second-order valence-electron chi connectivity index (χ2n) is 9.06. The molecule has 182 valence electrons. The first-order valence-corrected chi connectivity index (χ1v) is 12.7. The first-order chi connectivity index (χ1) is 17.5. The van der Waals surface area contributed by atoms with Crippen LogP contribution in [-0.4, -0.2) is 28.5 Å². The van der Waals surface area contributed by atoms with Crippen LogP contribution in [0.25, 0.3) is 17.0 Å². The molecule has 0 N–H and O–H groups in total. The minimum atomic E-state index is -0.105. The number of nitrogens with zero attached hydrogens (tertiary/aromatic N) is 2. The van der Waals surface area contributed by atoms with Crippen LogP contribution in [0.4, 0.5) is 0 Å². The van der Waals surface area contributed by atoms with Crippen LogP contribution in [0.2, 0.25) is 10.0 Å². The number of halogens is 2. The van der Waals surface area contributed by atoms with Gasteiger partial charge in [0.2, 0.25) is 5.78 Å². The molecule has 6 rings (SSSR count). The van der Waals surface area contributed by atoms with E-state index in [0.29, 0.717) is 40.4 Å². The first-order valence-electron chi connectivity index (χ1n) is 12.0. The Bertz CT molecular complexity index is 1540. The topological polar surface area (TPSA) is 43.7 Å². The van der Waals surface area contributed by atoms with E-state index in [4.69, 9.17) is 32.7 Å². The normalized spacial score (nSPS) is 16.2.